The predicted molar refractivity (Wildman–Crippen MR) is 71.8 cm³/mol. The van der Waals surface area contributed by atoms with Crippen molar-refractivity contribution in [2.24, 2.45) is 7.05 Å². The van der Waals surface area contributed by atoms with Crippen LogP contribution in [0.5, 0.6) is 0 Å². The third kappa shape index (κ3) is 1.55. The molecule has 18 heavy (non-hydrogen) atoms. The van der Waals surface area contributed by atoms with Crippen molar-refractivity contribution < 1.29 is 4.79 Å². The Morgan fingerprint density at radius 1 is 1.22 bits per heavy atom. The van der Waals surface area contributed by atoms with E-state index in [1.54, 1.807) is 0 Å². The number of nitrogens with zero attached hydrogens (tertiary/aromatic N) is 2. The standard InChI is InChI=1S/C15H16N2O/c1-11-10-12-6-3-4-7-13(12)17(11)15(18)14-8-5-9-16(14)2/h3-9,11H,10H2,1-2H3. The van der Waals surface area contributed by atoms with Crippen molar-refractivity contribution in [1.82, 2.24) is 4.57 Å². The minimum Gasteiger partial charge on any atom is -0.347 e. The molecule has 0 N–H and O–H groups in total. The van der Waals surface area contributed by atoms with Crippen LogP contribution in [0.3, 0.4) is 0 Å². The SMILES string of the molecule is CC1Cc2ccccc2N1C(=O)c1cccn1C. The first-order valence-electron chi connectivity index (χ1n) is 6.21. The predicted octanol–water partition coefficient (Wildman–Crippen LogP) is 2.62. The molecule has 3 nitrogen and oxygen atoms in total. The summed E-state index contributed by atoms with van der Waals surface area (Å²) in [4.78, 5) is 14.5. The fourth-order valence-corrected chi connectivity index (χ4v) is 2.68. The molecule has 1 aromatic carbocycles. The maximum Gasteiger partial charge on any atom is 0.275 e. The Balaban J connectivity index is 2.03. The van der Waals surface area contributed by atoms with Gasteiger partial charge in [0.15, 0.2) is 0 Å². The van der Waals surface area contributed by atoms with Crippen LogP contribution in [0.1, 0.15) is 23.0 Å². The molecule has 0 spiro atoms. The van der Waals surface area contributed by atoms with Crippen LogP contribution in [-0.4, -0.2) is 16.5 Å². The smallest absolute Gasteiger partial charge is 0.275 e. The molecule has 92 valence electrons. The molecule has 0 saturated carbocycles. The van der Waals surface area contributed by atoms with E-state index >= 15 is 0 Å². The number of rotatable bonds is 1. The largest absolute Gasteiger partial charge is 0.347 e. The molecule has 2 heterocycles. The Bertz CT molecular complexity index is 600. The lowest BCUT2D eigenvalue weighted by Gasteiger charge is -2.22. The highest BCUT2D eigenvalue weighted by Gasteiger charge is 2.31. The minimum atomic E-state index is 0.0833. The van der Waals surface area contributed by atoms with Crippen molar-refractivity contribution in [3.63, 3.8) is 0 Å². The van der Waals surface area contributed by atoms with Gasteiger partial charge in [-0.2, -0.15) is 0 Å². The lowest BCUT2D eigenvalue weighted by Crippen LogP contribution is -2.36. The molecule has 0 aliphatic carbocycles. The van der Waals surface area contributed by atoms with Crippen LogP contribution in [-0.2, 0) is 13.5 Å². The Morgan fingerprint density at radius 3 is 2.72 bits per heavy atom. The zero-order chi connectivity index (χ0) is 12.7. The number of benzene rings is 1. The molecule has 1 aromatic heterocycles. The van der Waals surface area contributed by atoms with Gasteiger partial charge in [-0.3, -0.25) is 4.79 Å². The monoisotopic (exact) mass is 240 g/mol. The summed E-state index contributed by atoms with van der Waals surface area (Å²) >= 11 is 0. The quantitative estimate of drug-likeness (QED) is 0.752. The molecule has 0 bridgehead atoms. The topological polar surface area (TPSA) is 25.2 Å². The highest BCUT2D eigenvalue weighted by atomic mass is 16.2. The van der Waals surface area contributed by atoms with Crippen LogP contribution >= 0.6 is 0 Å². The van der Waals surface area contributed by atoms with Crippen LogP contribution in [0.15, 0.2) is 42.6 Å². The third-order valence-electron chi connectivity index (χ3n) is 3.59. The van der Waals surface area contributed by atoms with Crippen LogP contribution in [0.4, 0.5) is 5.69 Å². The summed E-state index contributed by atoms with van der Waals surface area (Å²) in [5, 5.41) is 0. The van der Waals surface area contributed by atoms with E-state index < -0.39 is 0 Å². The van der Waals surface area contributed by atoms with Gasteiger partial charge in [-0.15, -0.1) is 0 Å². The van der Waals surface area contributed by atoms with E-state index in [0.717, 1.165) is 17.8 Å². The fourth-order valence-electron chi connectivity index (χ4n) is 2.68. The summed E-state index contributed by atoms with van der Waals surface area (Å²) < 4.78 is 1.87. The molecule has 1 aliphatic rings. The molecular weight excluding hydrogens is 224 g/mol. The highest BCUT2D eigenvalue weighted by molar-refractivity contribution is 6.06. The van der Waals surface area contributed by atoms with Crippen molar-refractivity contribution >= 4 is 11.6 Å². The fraction of sp³-hybridized carbons (Fsp3) is 0.267. The second kappa shape index (κ2) is 4.02. The zero-order valence-corrected chi connectivity index (χ0v) is 10.6. The first kappa shape index (κ1) is 11.1. The molecule has 0 fully saturated rings. The minimum absolute atomic E-state index is 0.0833. The normalized spacial score (nSPS) is 17.9. The number of carbonyl (C=O) groups excluding carboxylic acids is 1. The summed E-state index contributed by atoms with van der Waals surface area (Å²) in [7, 11) is 1.90. The van der Waals surface area contributed by atoms with Gasteiger partial charge < -0.3 is 9.47 Å². The van der Waals surface area contributed by atoms with Crippen LogP contribution in [0, 0.1) is 0 Å². The number of hydrogen-bond acceptors (Lipinski definition) is 1. The Labute approximate surface area is 107 Å². The van der Waals surface area contributed by atoms with Gasteiger partial charge in [0.25, 0.3) is 5.91 Å². The molecule has 3 rings (SSSR count). The van der Waals surface area contributed by atoms with E-state index in [9.17, 15) is 4.79 Å². The second-order valence-corrected chi connectivity index (χ2v) is 4.86. The molecule has 1 amide bonds. The summed E-state index contributed by atoms with van der Waals surface area (Å²) in [6.45, 7) is 2.10. The number of hydrogen-bond donors (Lipinski definition) is 0. The average Bonchev–Trinajstić information content (AvgIpc) is 2.91. The molecule has 1 atom stereocenters. The summed E-state index contributed by atoms with van der Waals surface area (Å²) in [5.74, 6) is 0.0833. The maximum atomic E-state index is 12.6. The summed E-state index contributed by atoms with van der Waals surface area (Å²) in [6.07, 6.45) is 2.84. The number of para-hydroxylation sites is 1. The van der Waals surface area contributed by atoms with E-state index in [1.807, 2.05) is 53.0 Å². The van der Waals surface area contributed by atoms with Crippen molar-refractivity contribution in [3.8, 4) is 0 Å². The molecule has 3 heteroatoms. The van der Waals surface area contributed by atoms with Crippen LogP contribution < -0.4 is 4.90 Å². The van der Waals surface area contributed by atoms with Gasteiger partial charge in [-0.05, 0) is 37.1 Å². The Hall–Kier alpha value is -2.03. The Kier molecular flexibility index (Phi) is 2.47. The molecule has 0 radical (unpaired) electrons. The molecule has 0 saturated heterocycles. The number of carbonyl (C=O) groups is 1. The van der Waals surface area contributed by atoms with E-state index in [2.05, 4.69) is 13.0 Å². The molecule has 2 aromatic rings. The van der Waals surface area contributed by atoms with E-state index in [1.165, 1.54) is 5.56 Å². The van der Waals surface area contributed by atoms with Gasteiger partial charge in [-0.1, -0.05) is 18.2 Å². The van der Waals surface area contributed by atoms with Crippen LogP contribution in [0.2, 0.25) is 0 Å². The lowest BCUT2D eigenvalue weighted by atomic mass is 10.1. The van der Waals surface area contributed by atoms with Crippen molar-refractivity contribution in [2.75, 3.05) is 4.90 Å². The number of aryl methyl sites for hydroxylation is 1. The van der Waals surface area contributed by atoms with E-state index in [-0.39, 0.29) is 11.9 Å². The Morgan fingerprint density at radius 2 is 2.00 bits per heavy atom. The van der Waals surface area contributed by atoms with Gasteiger partial charge in [0.1, 0.15) is 5.69 Å². The van der Waals surface area contributed by atoms with Gasteiger partial charge in [-0.25, -0.2) is 0 Å². The number of fused-ring (bicyclic) bond motifs is 1. The summed E-state index contributed by atoms with van der Waals surface area (Å²) in [6, 6.07) is 12.1. The number of amides is 1. The van der Waals surface area contributed by atoms with Gasteiger partial charge in [0, 0.05) is 25.0 Å². The van der Waals surface area contributed by atoms with Gasteiger partial charge in [0.2, 0.25) is 0 Å². The van der Waals surface area contributed by atoms with E-state index in [4.69, 9.17) is 0 Å². The van der Waals surface area contributed by atoms with Crippen molar-refractivity contribution in [2.45, 2.75) is 19.4 Å². The maximum absolute atomic E-state index is 12.6. The highest BCUT2D eigenvalue weighted by Crippen LogP contribution is 2.32. The molecular formula is C15H16N2O. The average molecular weight is 240 g/mol. The summed E-state index contributed by atoms with van der Waals surface area (Å²) in [5.41, 5.74) is 3.04. The lowest BCUT2D eigenvalue weighted by molar-refractivity contribution is 0.0973. The molecule has 1 unspecified atom stereocenters. The first-order chi connectivity index (χ1) is 8.68. The van der Waals surface area contributed by atoms with Crippen molar-refractivity contribution in [1.29, 1.82) is 0 Å². The first-order valence-corrected chi connectivity index (χ1v) is 6.21. The van der Waals surface area contributed by atoms with Gasteiger partial charge >= 0.3 is 0 Å². The molecule has 1 aliphatic heterocycles. The number of anilines is 1. The van der Waals surface area contributed by atoms with Crippen LogP contribution in [0.25, 0.3) is 0 Å². The zero-order valence-electron chi connectivity index (χ0n) is 10.6. The van der Waals surface area contributed by atoms with Crippen molar-refractivity contribution in [3.05, 3.63) is 53.9 Å². The van der Waals surface area contributed by atoms with E-state index in [0.29, 0.717) is 0 Å². The number of aromatic nitrogens is 1. The third-order valence-corrected chi connectivity index (χ3v) is 3.59. The van der Waals surface area contributed by atoms with Gasteiger partial charge in [0.05, 0.1) is 0 Å². The second-order valence-electron chi connectivity index (χ2n) is 4.86.